The third kappa shape index (κ3) is 1.84. The molecule has 8 heteroatoms. The fourth-order valence-corrected chi connectivity index (χ4v) is 2.71. The largest absolute Gasteiger partial charge is 0.373 e. The lowest BCUT2D eigenvalue weighted by Gasteiger charge is -2.20. The second-order valence-electron chi connectivity index (χ2n) is 5.14. The summed E-state index contributed by atoms with van der Waals surface area (Å²) in [6.07, 6.45) is 0. The van der Waals surface area contributed by atoms with Crippen LogP contribution in [-0.4, -0.2) is 28.0 Å². The number of benzene rings is 1. The first-order chi connectivity index (χ1) is 10.9. The van der Waals surface area contributed by atoms with E-state index in [-0.39, 0.29) is 22.6 Å². The van der Waals surface area contributed by atoms with Crippen molar-refractivity contribution in [1.29, 1.82) is 0 Å². The van der Waals surface area contributed by atoms with Gasteiger partial charge < -0.3 is 5.32 Å². The number of carbonyl (C=O) groups is 2. The van der Waals surface area contributed by atoms with Gasteiger partial charge in [0.25, 0.3) is 17.4 Å². The number of rotatable bonds is 2. The average Bonchev–Trinajstić information content (AvgIpc) is 2.81. The van der Waals surface area contributed by atoms with Gasteiger partial charge in [0.15, 0.2) is 5.69 Å². The van der Waals surface area contributed by atoms with Crippen LogP contribution in [0.2, 0.25) is 0 Å². The van der Waals surface area contributed by atoms with E-state index in [1.165, 1.54) is 37.8 Å². The molecule has 0 saturated heterocycles. The van der Waals surface area contributed by atoms with Crippen LogP contribution in [-0.2, 0) is 14.1 Å². The number of nitrogens with zero attached hydrogens (tertiary/aromatic N) is 3. The molecule has 3 rings (SSSR count). The van der Waals surface area contributed by atoms with Gasteiger partial charge in [-0.05, 0) is 12.1 Å². The Balaban J connectivity index is 2.34. The number of hydrogen-bond donors (Lipinski definition) is 1. The maximum absolute atomic E-state index is 12.6. The van der Waals surface area contributed by atoms with Crippen molar-refractivity contribution < 1.29 is 9.59 Å². The molecule has 0 bridgehead atoms. The van der Waals surface area contributed by atoms with E-state index in [9.17, 15) is 19.2 Å². The standard InChI is InChI=1S/C15H14N4O4/c1-16-11-10(14(22)18(3)15(23)17(11)2)19-12(20)8-6-4-5-7-9(8)13(19)21/h4-7,16H,1-3H3. The van der Waals surface area contributed by atoms with E-state index < -0.39 is 23.1 Å². The zero-order valence-corrected chi connectivity index (χ0v) is 12.8. The van der Waals surface area contributed by atoms with Crippen LogP contribution in [0.1, 0.15) is 20.7 Å². The Morgan fingerprint density at radius 1 is 0.870 bits per heavy atom. The van der Waals surface area contributed by atoms with Crippen LogP contribution >= 0.6 is 0 Å². The summed E-state index contributed by atoms with van der Waals surface area (Å²) in [6, 6.07) is 6.35. The molecule has 1 aromatic carbocycles. The van der Waals surface area contributed by atoms with E-state index in [2.05, 4.69) is 5.32 Å². The van der Waals surface area contributed by atoms with Gasteiger partial charge in [-0.1, -0.05) is 12.1 Å². The molecular formula is C15H14N4O4. The minimum absolute atomic E-state index is 0.104. The van der Waals surface area contributed by atoms with E-state index in [1.54, 1.807) is 12.1 Å². The molecule has 0 fully saturated rings. The molecular weight excluding hydrogens is 300 g/mol. The van der Waals surface area contributed by atoms with Crippen LogP contribution in [0.3, 0.4) is 0 Å². The topological polar surface area (TPSA) is 93.4 Å². The fourth-order valence-electron chi connectivity index (χ4n) is 2.71. The minimum Gasteiger partial charge on any atom is -0.373 e. The number of imide groups is 1. The first kappa shape index (κ1) is 14.8. The number of anilines is 2. The summed E-state index contributed by atoms with van der Waals surface area (Å²) in [6.45, 7) is 0. The van der Waals surface area contributed by atoms with Crippen LogP contribution in [0.25, 0.3) is 0 Å². The van der Waals surface area contributed by atoms with Crippen LogP contribution in [0.4, 0.5) is 11.5 Å². The Kier molecular flexibility index (Phi) is 3.17. The predicted octanol–water partition coefficient (Wildman–Crippen LogP) is -0.0737. The summed E-state index contributed by atoms with van der Waals surface area (Å²) in [7, 11) is 4.26. The molecule has 1 aliphatic heterocycles. The normalized spacial score (nSPS) is 13.4. The fraction of sp³-hybridized carbons (Fsp3) is 0.200. The summed E-state index contributed by atoms with van der Waals surface area (Å²) >= 11 is 0. The van der Waals surface area contributed by atoms with Crippen LogP contribution in [0.15, 0.2) is 33.9 Å². The van der Waals surface area contributed by atoms with Crippen molar-refractivity contribution >= 4 is 23.3 Å². The molecule has 0 radical (unpaired) electrons. The van der Waals surface area contributed by atoms with E-state index in [1.807, 2.05) is 0 Å². The van der Waals surface area contributed by atoms with E-state index >= 15 is 0 Å². The SMILES string of the molecule is CNc1c(N2C(=O)c3ccccc3C2=O)c(=O)n(C)c(=O)n1C. The maximum atomic E-state index is 12.6. The van der Waals surface area contributed by atoms with E-state index in [4.69, 9.17) is 0 Å². The highest BCUT2D eigenvalue weighted by Crippen LogP contribution is 2.29. The summed E-state index contributed by atoms with van der Waals surface area (Å²) in [5.41, 5.74) is -0.971. The predicted molar refractivity (Wildman–Crippen MR) is 84.1 cm³/mol. The molecule has 0 atom stereocenters. The second-order valence-corrected chi connectivity index (χ2v) is 5.14. The van der Waals surface area contributed by atoms with Crippen molar-refractivity contribution in [3.63, 3.8) is 0 Å². The van der Waals surface area contributed by atoms with Crippen LogP contribution in [0, 0.1) is 0 Å². The number of amides is 2. The molecule has 118 valence electrons. The van der Waals surface area contributed by atoms with E-state index in [0.717, 1.165) is 9.47 Å². The highest BCUT2D eigenvalue weighted by Gasteiger charge is 2.40. The zero-order valence-electron chi connectivity index (χ0n) is 12.8. The van der Waals surface area contributed by atoms with Crippen LogP contribution in [0.5, 0.6) is 0 Å². The van der Waals surface area contributed by atoms with Gasteiger partial charge in [-0.2, -0.15) is 0 Å². The number of hydrogen-bond acceptors (Lipinski definition) is 5. The molecule has 2 amide bonds. The molecule has 0 unspecified atom stereocenters. The second kappa shape index (κ2) is 4.94. The van der Waals surface area contributed by atoms with Crippen molar-refractivity contribution in [1.82, 2.24) is 9.13 Å². The monoisotopic (exact) mass is 314 g/mol. The molecule has 0 saturated carbocycles. The van der Waals surface area contributed by atoms with Gasteiger partial charge in [-0.25, -0.2) is 9.69 Å². The lowest BCUT2D eigenvalue weighted by molar-refractivity contribution is 0.0925. The molecule has 2 aromatic rings. The summed E-state index contributed by atoms with van der Waals surface area (Å²) < 4.78 is 2.04. The Labute approximate surface area is 130 Å². The molecule has 0 aliphatic carbocycles. The molecule has 0 spiro atoms. The lowest BCUT2D eigenvalue weighted by atomic mass is 10.1. The highest BCUT2D eigenvalue weighted by atomic mass is 16.2. The van der Waals surface area contributed by atoms with Crippen molar-refractivity contribution in [2.45, 2.75) is 0 Å². The third-order valence-electron chi connectivity index (χ3n) is 3.90. The van der Waals surface area contributed by atoms with Gasteiger partial charge in [0, 0.05) is 21.1 Å². The Bertz CT molecular complexity index is 935. The van der Waals surface area contributed by atoms with Gasteiger partial charge in [0.05, 0.1) is 11.1 Å². The summed E-state index contributed by atoms with van der Waals surface area (Å²) in [5, 5.41) is 2.72. The number of nitrogens with one attached hydrogen (secondary N) is 1. The highest BCUT2D eigenvalue weighted by molar-refractivity contribution is 6.35. The summed E-state index contributed by atoms with van der Waals surface area (Å²) in [5.74, 6) is -1.07. The van der Waals surface area contributed by atoms with Gasteiger partial charge >= 0.3 is 5.69 Å². The first-order valence-corrected chi connectivity index (χ1v) is 6.85. The number of fused-ring (bicyclic) bond motifs is 1. The van der Waals surface area contributed by atoms with E-state index in [0.29, 0.717) is 0 Å². The average molecular weight is 314 g/mol. The molecule has 23 heavy (non-hydrogen) atoms. The zero-order chi connectivity index (χ0) is 16.9. The number of carbonyl (C=O) groups excluding carboxylic acids is 2. The van der Waals surface area contributed by atoms with Crippen molar-refractivity contribution in [2.24, 2.45) is 14.1 Å². The lowest BCUT2D eigenvalue weighted by Crippen LogP contribution is -2.44. The van der Waals surface area contributed by atoms with Gasteiger partial charge in [0.1, 0.15) is 5.82 Å². The first-order valence-electron chi connectivity index (χ1n) is 6.85. The van der Waals surface area contributed by atoms with Crippen molar-refractivity contribution in [2.75, 3.05) is 17.3 Å². The van der Waals surface area contributed by atoms with Gasteiger partial charge in [-0.3, -0.25) is 23.5 Å². The molecule has 1 aliphatic rings. The van der Waals surface area contributed by atoms with Crippen LogP contribution < -0.4 is 21.5 Å². The minimum atomic E-state index is -0.716. The van der Waals surface area contributed by atoms with Crippen molar-refractivity contribution in [3.8, 4) is 0 Å². The maximum Gasteiger partial charge on any atom is 0.332 e. The summed E-state index contributed by atoms with van der Waals surface area (Å²) in [4.78, 5) is 50.5. The molecule has 2 heterocycles. The Hall–Kier alpha value is -3.16. The third-order valence-corrected chi connectivity index (χ3v) is 3.90. The number of aromatic nitrogens is 2. The molecule has 1 aromatic heterocycles. The molecule has 8 nitrogen and oxygen atoms in total. The van der Waals surface area contributed by atoms with Gasteiger partial charge in [-0.15, -0.1) is 0 Å². The van der Waals surface area contributed by atoms with Gasteiger partial charge in [0.2, 0.25) is 0 Å². The Morgan fingerprint density at radius 3 is 1.87 bits per heavy atom. The molecule has 1 N–H and O–H groups in total. The Morgan fingerprint density at radius 2 is 1.39 bits per heavy atom. The smallest absolute Gasteiger partial charge is 0.332 e. The van der Waals surface area contributed by atoms with Crippen molar-refractivity contribution in [3.05, 3.63) is 56.2 Å². The quantitative estimate of drug-likeness (QED) is 0.783.